The number of thiazole rings is 1. The third kappa shape index (κ3) is 5.80. The molecule has 0 spiro atoms. The maximum atomic E-state index is 12.9. The van der Waals surface area contributed by atoms with Crippen molar-refractivity contribution < 1.29 is 18.7 Å². The fourth-order valence-electron chi connectivity index (χ4n) is 1.86. The van der Waals surface area contributed by atoms with Crippen LogP contribution in [0.4, 0.5) is 15.2 Å². The lowest BCUT2D eigenvalue weighted by Crippen LogP contribution is -2.45. The van der Waals surface area contributed by atoms with Gasteiger partial charge in [0.2, 0.25) is 5.91 Å². The second-order valence-corrected chi connectivity index (χ2v) is 6.01. The third-order valence-corrected chi connectivity index (χ3v) is 3.94. The Morgan fingerprint density at radius 1 is 1.32 bits per heavy atom. The van der Waals surface area contributed by atoms with Crippen molar-refractivity contribution in [3.8, 4) is 0 Å². The number of anilines is 2. The van der Waals surface area contributed by atoms with E-state index < -0.39 is 11.9 Å². The summed E-state index contributed by atoms with van der Waals surface area (Å²) in [6.07, 6.45) is 0. The van der Waals surface area contributed by atoms with Crippen LogP contribution in [0.5, 0.6) is 0 Å². The quantitative estimate of drug-likeness (QED) is 0.621. The van der Waals surface area contributed by atoms with Crippen molar-refractivity contribution in [1.29, 1.82) is 0 Å². The molecule has 0 radical (unpaired) electrons. The zero-order valence-electron chi connectivity index (χ0n) is 13.8. The lowest BCUT2D eigenvalue weighted by atomic mass is 10.3. The Labute approximate surface area is 148 Å². The molecule has 7 nitrogen and oxygen atoms in total. The first-order valence-corrected chi connectivity index (χ1v) is 8.43. The maximum Gasteiger partial charge on any atom is 0.271 e. The Morgan fingerprint density at radius 3 is 2.72 bits per heavy atom. The summed E-state index contributed by atoms with van der Waals surface area (Å²) in [5.74, 6) is -1.08. The summed E-state index contributed by atoms with van der Waals surface area (Å²) >= 11 is 1.24. The maximum absolute atomic E-state index is 12.9. The van der Waals surface area contributed by atoms with E-state index in [0.717, 1.165) is 0 Å². The highest BCUT2D eigenvalue weighted by Gasteiger charge is 2.18. The first-order chi connectivity index (χ1) is 12.0. The van der Waals surface area contributed by atoms with Crippen LogP contribution in [0, 0.1) is 5.82 Å². The van der Waals surface area contributed by atoms with Gasteiger partial charge in [-0.1, -0.05) is 0 Å². The number of halogens is 1. The first-order valence-electron chi connectivity index (χ1n) is 7.55. The molecular weight excluding hydrogens is 347 g/mol. The van der Waals surface area contributed by atoms with Crippen LogP contribution in [0.15, 0.2) is 29.6 Å². The summed E-state index contributed by atoms with van der Waals surface area (Å²) in [4.78, 5) is 28.1. The highest BCUT2D eigenvalue weighted by Crippen LogP contribution is 2.21. The SMILES string of the molecule is COCCNC(=O)C(C)NC(=O)c1csc(Nc2ccc(F)cc2)n1. The Bertz CT molecular complexity index is 720. The summed E-state index contributed by atoms with van der Waals surface area (Å²) in [7, 11) is 1.54. The van der Waals surface area contributed by atoms with Gasteiger partial charge in [0.25, 0.3) is 5.91 Å². The predicted octanol–water partition coefficient (Wildman–Crippen LogP) is 1.91. The number of benzene rings is 1. The summed E-state index contributed by atoms with van der Waals surface area (Å²) in [6.45, 7) is 2.36. The number of carbonyl (C=O) groups excluding carboxylic acids is 2. The molecule has 1 aromatic carbocycles. The molecule has 0 aliphatic rings. The molecule has 2 aromatic rings. The summed E-state index contributed by atoms with van der Waals surface area (Å²) in [5.41, 5.74) is 0.861. The average Bonchev–Trinajstić information content (AvgIpc) is 3.05. The van der Waals surface area contributed by atoms with Gasteiger partial charge in [0.1, 0.15) is 17.6 Å². The Morgan fingerprint density at radius 2 is 2.04 bits per heavy atom. The van der Waals surface area contributed by atoms with Gasteiger partial charge in [-0.15, -0.1) is 11.3 Å². The molecule has 0 aliphatic heterocycles. The van der Waals surface area contributed by atoms with E-state index in [4.69, 9.17) is 4.74 Å². The molecule has 0 aliphatic carbocycles. The number of methoxy groups -OCH3 is 1. The normalized spacial score (nSPS) is 11.6. The van der Waals surface area contributed by atoms with Crippen molar-refractivity contribution in [3.05, 3.63) is 41.2 Å². The van der Waals surface area contributed by atoms with Crippen LogP contribution in [-0.4, -0.2) is 43.1 Å². The number of aromatic nitrogens is 1. The van der Waals surface area contributed by atoms with E-state index in [1.807, 2.05) is 0 Å². The molecule has 3 N–H and O–H groups in total. The second kappa shape index (κ2) is 9.09. The number of nitrogens with one attached hydrogen (secondary N) is 3. The second-order valence-electron chi connectivity index (χ2n) is 5.15. The van der Waals surface area contributed by atoms with Gasteiger partial charge in [0, 0.05) is 24.7 Å². The van der Waals surface area contributed by atoms with E-state index in [2.05, 4.69) is 20.9 Å². The minimum Gasteiger partial charge on any atom is -0.383 e. The van der Waals surface area contributed by atoms with E-state index in [1.165, 1.54) is 30.6 Å². The van der Waals surface area contributed by atoms with Crippen molar-refractivity contribution in [3.63, 3.8) is 0 Å². The third-order valence-electron chi connectivity index (χ3n) is 3.18. The molecular formula is C16H19FN4O3S. The fraction of sp³-hybridized carbons (Fsp3) is 0.312. The highest BCUT2D eigenvalue weighted by molar-refractivity contribution is 7.14. The highest BCUT2D eigenvalue weighted by atomic mass is 32.1. The molecule has 0 saturated carbocycles. The topological polar surface area (TPSA) is 92.4 Å². The molecule has 2 amide bonds. The molecule has 0 saturated heterocycles. The van der Waals surface area contributed by atoms with E-state index >= 15 is 0 Å². The van der Waals surface area contributed by atoms with Crippen molar-refractivity contribution in [1.82, 2.24) is 15.6 Å². The van der Waals surface area contributed by atoms with E-state index in [1.54, 1.807) is 24.4 Å². The molecule has 1 heterocycles. The molecule has 1 unspecified atom stereocenters. The molecule has 2 rings (SSSR count). The number of nitrogens with zero attached hydrogens (tertiary/aromatic N) is 1. The lowest BCUT2D eigenvalue weighted by molar-refractivity contribution is -0.122. The first kappa shape index (κ1) is 18.8. The van der Waals surface area contributed by atoms with Gasteiger partial charge in [-0.3, -0.25) is 9.59 Å². The fourth-order valence-corrected chi connectivity index (χ4v) is 2.57. The Balaban J connectivity index is 1.89. The van der Waals surface area contributed by atoms with Crippen LogP contribution < -0.4 is 16.0 Å². The summed E-state index contributed by atoms with van der Waals surface area (Å²) in [5, 5.41) is 10.3. The molecule has 25 heavy (non-hydrogen) atoms. The largest absolute Gasteiger partial charge is 0.383 e. The smallest absolute Gasteiger partial charge is 0.271 e. The predicted molar refractivity (Wildman–Crippen MR) is 93.6 cm³/mol. The van der Waals surface area contributed by atoms with E-state index in [9.17, 15) is 14.0 Å². The summed E-state index contributed by atoms with van der Waals surface area (Å²) in [6, 6.07) is 5.10. The van der Waals surface area contributed by atoms with Crippen LogP contribution in [0.2, 0.25) is 0 Å². The zero-order valence-corrected chi connectivity index (χ0v) is 14.7. The van der Waals surface area contributed by atoms with Crippen molar-refractivity contribution in [2.24, 2.45) is 0 Å². The van der Waals surface area contributed by atoms with Gasteiger partial charge in [-0.05, 0) is 31.2 Å². The van der Waals surface area contributed by atoms with Crippen LogP contribution in [-0.2, 0) is 9.53 Å². The Kier molecular flexibility index (Phi) is 6.84. The van der Waals surface area contributed by atoms with Gasteiger partial charge < -0.3 is 20.7 Å². The number of ether oxygens (including phenoxy) is 1. The lowest BCUT2D eigenvalue weighted by Gasteiger charge is -2.13. The van der Waals surface area contributed by atoms with Crippen LogP contribution >= 0.6 is 11.3 Å². The van der Waals surface area contributed by atoms with Crippen molar-refractivity contribution in [2.75, 3.05) is 25.6 Å². The van der Waals surface area contributed by atoms with Gasteiger partial charge >= 0.3 is 0 Å². The van der Waals surface area contributed by atoms with Crippen molar-refractivity contribution >= 4 is 34.0 Å². The van der Waals surface area contributed by atoms with Crippen LogP contribution in [0.25, 0.3) is 0 Å². The van der Waals surface area contributed by atoms with Gasteiger partial charge in [0.15, 0.2) is 5.13 Å². The molecule has 1 atom stereocenters. The standard InChI is InChI=1S/C16H19FN4O3S/c1-10(14(22)18-7-8-24-2)19-15(23)13-9-25-16(21-13)20-12-5-3-11(17)4-6-12/h3-6,9-10H,7-8H2,1-2H3,(H,18,22)(H,19,23)(H,20,21). The van der Waals surface area contributed by atoms with Gasteiger partial charge in [-0.25, -0.2) is 9.37 Å². The zero-order chi connectivity index (χ0) is 18.2. The molecule has 0 bridgehead atoms. The monoisotopic (exact) mass is 366 g/mol. The average molecular weight is 366 g/mol. The van der Waals surface area contributed by atoms with Gasteiger partial charge in [0.05, 0.1) is 6.61 Å². The molecule has 9 heteroatoms. The molecule has 1 aromatic heterocycles. The minimum atomic E-state index is -0.695. The van der Waals surface area contributed by atoms with Crippen LogP contribution in [0.3, 0.4) is 0 Å². The number of rotatable bonds is 8. The number of carbonyl (C=O) groups is 2. The summed E-state index contributed by atoms with van der Waals surface area (Å²) < 4.78 is 17.7. The molecule has 134 valence electrons. The molecule has 0 fully saturated rings. The number of hydrogen-bond donors (Lipinski definition) is 3. The minimum absolute atomic E-state index is 0.200. The van der Waals surface area contributed by atoms with Gasteiger partial charge in [-0.2, -0.15) is 0 Å². The number of hydrogen-bond acceptors (Lipinski definition) is 6. The van der Waals surface area contributed by atoms with E-state index in [-0.39, 0.29) is 17.4 Å². The number of amides is 2. The van der Waals surface area contributed by atoms with E-state index in [0.29, 0.717) is 24.0 Å². The Hall–Kier alpha value is -2.52. The van der Waals surface area contributed by atoms with Crippen LogP contribution in [0.1, 0.15) is 17.4 Å². The van der Waals surface area contributed by atoms with Crippen molar-refractivity contribution in [2.45, 2.75) is 13.0 Å².